The number of nitrogens with two attached hydrogens (primary N) is 1. The zero-order valence-electron chi connectivity index (χ0n) is 9.83. The predicted molar refractivity (Wildman–Crippen MR) is 60.8 cm³/mol. The lowest BCUT2D eigenvalue weighted by Crippen LogP contribution is -2.51. The maximum Gasteiger partial charge on any atom is 0.248 e. The van der Waals surface area contributed by atoms with E-state index < -0.39 is 12.1 Å². The molecule has 0 aromatic rings. The quantitative estimate of drug-likeness (QED) is 0.665. The highest BCUT2D eigenvalue weighted by Gasteiger charge is 2.33. The monoisotopic (exact) mass is 239 g/mol. The summed E-state index contributed by atoms with van der Waals surface area (Å²) in [6.45, 7) is 4.00. The molecule has 1 fully saturated rings. The second-order valence-electron chi connectivity index (χ2n) is 4.23. The molecule has 0 aliphatic carbocycles. The van der Waals surface area contributed by atoms with Crippen LogP contribution in [-0.4, -0.2) is 60.0 Å². The molecule has 2 atom stereocenters. The third kappa shape index (κ3) is 2.32. The Kier molecular flexibility index (Phi) is 3.44. The number of rotatable bonds is 2. The lowest BCUT2D eigenvalue weighted by molar-refractivity contribution is -0.144. The van der Waals surface area contributed by atoms with Gasteiger partial charge in [-0.05, 0) is 13.0 Å². The molecule has 94 valence electrons. The molecule has 1 saturated heterocycles. The van der Waals surface area contributed by atoms with Crippen LogP contribution >= 0.6 is 0 Å². The highest BCUT2D eigenvalue weighted by molar-refractivity contribution is 5.93. The molecule has 2 amide bonds. The van der Waals surface area contributed by atoms with Gasteiger partial charge in [0.1, 0.15) is 12.1 Å². The first-order chi connectivity index (χ1) is 8.11. The van der Waals surface area contributed by atoms with Gasteiger partial charge in [-0.25, -0.2) is 0 Å². The van der Waals surface area contributed by atoms with Crippen LogP contribution in [0.25, 0.3) is 0 Å². The van der Waals surface area contributed by atoms with Crippen molar-refractivity contribution in [1.29, 1.82) is 0 Å². The van der Waals surface area contributed by atoms with Crippen molar-refractivity contribution in [3.63, 3.8) is 0 Å². The van der Waals surface area contributed by atoms with Gasteiger partial charge in [0.05, 0.1) is 13.2 Å². The average molecular weight is 239 g/mol. The number of hydrogen-bond acceptors (Lipinski definition) is 4. The molecular formula is C11H17N3O3. The van der Waals surface area contributed by atoms with Crippen LogP contribution in [0.2, 0.25) is 0 Å². The summed E-state index contributed by atoms with van der Waals surface area (Å²) in [5.41, 5.74) is 5.56. The summed E-state index contributed by atoms with van der Waals surface area (Å²) in [4.78, 5) is 26.9. The molecule has 0 aromatic heterocycles. The number of morpholine rings is 1. The van der Waals surface area contributed by atoms with Gasteiger partial charge in [0, 0.05) is 19.3 Å². The van der Waals surface area contributed by atoms with E-state index in [1.165, 1.54) is 4.90 Å². The van der Waals surface area contributed by atoms with Crippen LogP contribution in [0.5, 0.6) is 0 Å². The molecule has 2 aliphatic rings. The number of amides is 2. The Balaban J connectivity index is 1.99. The van der Waals surface area contributed by atoms with Crippen LogP contribution in [0.4, 0.5) is 0 Å². The summed E-state index contributed by atoms with van der Waals surface area (Å²) in [7, 11) is 0. The SMILES string of the molecule is C[C@H](C(=O)N1CCOCC1)N1C=C[C@H](N)C1=O. The van der Waals surface area contributed by atoms with Crippen molar-refractivity contribution < 1.29 is 14.3 Å². The fourth-order valence-corrected chi connectivity index (χ4v) is 2.00. The number of ether oxygens (including phenoxy) is 1. The molecule has 2 heterocycles. The molecule has 6 nitrogen and oxygen atoms in total. The standard InChI is InChI=1S/C11H17N3O3/c1-8(14-3-2-9(12)11(14)16)10(15)13-4-6-17-7-5-13/h2-3,8-9H,4-7,12H2,1H3/t8-,9+/m1/s1. The van der Waals surface area contributed by atoms with Crippen LogP contribution in [0.1, 0.15) is 6.92 Å². The lowest BCUT2D eigenvalue weighted by atomic mass is 10.2. The molecule has 17 heavy (non-hydrogen) atoms. The Bertz CT molecular complexity index is 350. The topological polar surface area (TPSA) is 75.9 Å². The molecule has 0 spiro atoms. The smallest absolute Gasteiger partial charge is 0.248 e. The van der Waals surface area contributed by atoms with E-state index in [9.17, 15) is 9.59 Å². The summed E-state index contributed by atoms with van der Waals surface area (Å²) < 4.78 is 5.18. The molecular weight excluding hydrogens is 222 g/mol. The maximum atomic E-state index is 12.1. The first kappa shape index (κ1) is 12.1. The van der Waals surface area contributed by atoms with Gasteiger partial charge in [-0.15, -0.1) is 0 Å². The molecule has 2 rings (SSSR count). The Hall–Kier alpha value is -1.40. The molecule has 0 saturated carbocycles. The van der Waals surface area contributed by atoms with Gasteiger partial charge >= 0.3 is 0 Å². The van der Waals surface area contributed by atoms with Crippen LogP contribution in [0.3, 0.4) is 0 Å². The normalized spacial score (nSPS) is 26.5. The second-order valence-corrected chi connectivity index (χ2v) is 4.23. The maximum absolute atomic E-state index is 12.1. The van der Waals surface area contributed by atoms with E-state index in [1.54, 1.807) is 24.1 Å². The van der Waals surface area contributed by atoms with Gasteiger partial charge in [0.2, 0.25) is 11.8 Å². The largest absolute Gasteiger partial charge is 0.378 e. The fraction of sp³-hybridized carbons (Fsp3) is 0.636. The van der Waals surface area contributed by atoms with Crippen LogP contribution in [0, 0.1) is 0 Å². The van der Waals surface area contributed by atoms with Gasteiger partial charge in [0.15, 0.2) is 0 Å². The van der Waals surface area contributed by atoms with Gasteiger partial charge in [-0.3, -0.25) is 9.59 Å². The predicted octanol–water partition coefficient (Wildman–Crippen LogP) is -1.08. The summed E-state index contributed by atoms with van der Waals surface area (Å²) in [5, 5.41) is 0. The number of carbonyl (C=O) groups excluding carboxylic acids is 2. The molecule has 0 aromatic carbocycles. The van der Waals surface area contributed by atoms with Crippen molar-refractivity contribution in [1.82, 2.24) is 9.80 Å². The average Bonchev–Trinajstić information content (AvgIpc) is 2.69. The lowest BCUT2D eigenvalue weighted by Gasteiger charge is -2.32. The summed E-state index contributed by atoms with van der Waals surface area (Å²) in [6, 6.07) is -1.11. The minimum atomic E-state index is -0.616. The highest BCUT2D eigenvalue weighted by Crippen LogP contribution is 2.13. The van der Waals surface area contributed by atoms with E-state index in [0.29, 0.717) is 26.3 Å². The molecule has 2 aliphatic heterocycles. The Morgan fingerprint density at radius 2 is 2.18 bits per heavy atom. The van der Waals surface area contributed by atoms with E-state index in [0.717, 1.165) is 0 Å². The van der Waals surface area contributed by atoms with E-state index in [-0.39, 0.29) is 11.8 Å². The van der Waals surface area contributed by atoms with E-state index in [2.05, 4.69) is 0 Å². The van der Waals surface area contributed by atoms with Crippen LogP contribution in [-0.2, 0) is 14.3 Å². The zero-order valence-corrected chi connectivity index (χ0v) is 9.83. The second kappa shape index (κ2) is 4.85. The third-order valence-corrected chi connectivity index (χ3v) is 3.09. The Labute approximate surface area is 100.0 Å². The van der Waals surface area contributed by atoms with Gasteiger partial charge in [0.25, 0.3) is 0 Å². The molecule has 2 N–H and O–H groups in total. The van der Waals surface area contributed by atoms with Crippen molar-refractivity contribution in [3.8, 4) is 0 Å². The Morgan fingerprint density at radius 1 is 1.53 bits per heavy atom. The number of carbonyl (C=O) groups is 2. The van der Waals surface area contributed by atoms with Gasteiger partial charge < -0.3 is 20.3 Å². The summed E-state index contributed by atoms with van der Waals surface area (Å²) in [6.07, 6.45) is 3.20. The van der Waals surface area contributed by atoms with Crippen molar-refractivity contribution in [3.05, 3.63) is 12.3 Å². The van der Waals surface area contributed by atoms with E-state index in [1.807, 2.05) is 0 Å². The summed E-state index contributed by atoms with van der Waals surface area (Å²) >= 11 is 0. The molecule has 6 heteroatoms. The number of nitrogens with zero attached hydrogens (tertiary/aromatic N) is 2. The van der Waals surface area contributed by atoms with E-state index >= 15 is 0 Å². The van der Waals surface area contributed by atoms with Crippen LogP contribution in [0.15, 0.2) is 12.3 Å². The van der Waals surface area contributed by atoms with Crippen molar-refractivity contribution >= 4 is 11.8 Å². The fourth-order valence-electron chi connectivity index (χ4n) is 2.00. The summed E-state index contributed by atoms with van der Waals surface area (Å²) in [5.74, 6) is -0.278. The molecule has 0 radical (unpaired) electrons. The molecule has 0 bridgehead atoms. The van der Waals surface area contributed by atoms with Crippen molar-refractivity contribution in [2.45, 2.75) is 19.0 Å². The highest BCUT2D eigenvalue weighted by atomic mass is 16.5. The molecule has 0 unspecified atom stereocenters. The van der Waals surface area contributed by atoms with Gasteiger partial charge in [-0.2, -0.15) is 0 Å². The van der Waals surface area contributed by atoms with Crippen molar-refractivity contribution in [2.75, 3.05) is 26.3 Å². The minimum absolute atomic E-state index is 0.0552. The van der Waals surface area contributed by atoms with Crippen LogP contribution < -0.4 is 5.73 Å². The van der Waals surface area contributed by atoms with Gasteiger partial charge in [-0.1, -0.05) is 0 Å². The number of hydrogen-bond donors (Lipinski definition) is 1. The van der Waals surface area contributed by atoms with Crippen molar-refractivity contribution in [2.24, 2.45) is 5.73 Å². The third-order valence-electron chi connectivity index (χ3n) is 3.09. The first-order valence-corrected chi connectivity index (χ1v) is 5.74. The van der Waals surface area contributed by atoms with E-state index in [4.69, 9.17) is 10.5 Å². The minimum Gasteiger partial charge on any atom is -0.378 e. The Morgan fingerprint density at radius 3 is 2.71 bits per heavy atom. The zero-order chi connectivity index (χ0) is 12.4. The first-order valence-electron chi connectivity index (χ1n) is 5.74.